The van der Waals surface area contributed by atoms with E-state index in [9.17, 15) is 9.59 Å². The summed E-state index contributed by atoms with van der Waals surface area (Å²) < 4.78 is 0. The average Bonchev–Trinajstić information content (AvgIpc) is 2.80. The Kier molecular flexibility index (Phi) is 1.41. The van der Waals surface area contributed by atoms with Crippen LogP contribution in [-0.2, 0) is 9.59 Å². The summed E-state index contributed by atoms with van der Waals surface area (Å²) in [6, 6.07) is 0. The minimum absolute atomic E-state index is 0.0367. The third kappa shape index (κ3) is 0.852. The highest BCUT2D eigenvalue weighted by molar-refractivity contribution is 6.20. The van der Waals surface area contributed by atoms with Gasteiger partial charge in [-0.3, -0.25) is 9.59 Å². The van der Waals surface area contributed by atoms with E-state index in [1.54, 1.807) is 0 Å². The molecule has 6 heteroatoms. The summed E-state index contributed by atoms with van der Waals surface area (Å²) in [4.78, 5) is 24.1. The van der Waals surface area contributed by atoms with Crippen LogP contribution in [0.4, 0.5) is 0 Å². The summed E-state index contributed by atoms with van der Waals surface area (Å²) in [5, 5.41) is 8.26. The molecule has 2 bridgehead atoms. The molecule has 2 N–H and O–H groups in total. The first-order valence-electron chi connectivity index (χ1n) is 5.92. The van der Waals surface area contributed by atoms with Gasteiger partial charge in [-0.25, -0.2) is 10.9 Å². The van der Waals surface area contributed by atoms with Crippen LogP contribution in [0.1, 0.15) is 32.1 Å². The lowest BCUT2D eigenvalue weighted by molar-refractivity contribution is -0.133. The van der Waals surface area contributed by atoms with Crippen LogP contribution in [0.25, 0.3) is 0 Å². The lowest BCUT2D eigenvalue weighted by Gasteiger charge is -2.46. The Morgan fingerprint density at radius 1 is 0.882 bits per heavy atom. The van der Waals surface area contributed by atoms with Crippen LogP contribution >= 0.6 is 0 Å². The van der Waals surface area contributed by atoms with Gasteiger partial charge in [-0.1, -0.05) is 0 Å². The Morgan fingerprint density at radius 3 is 1.82 bits per heavy atom. The van der Waals surface area contributed by atoms with Crippen molar-refractivity contribution in [2.45, 2.75) is 32.1 Å². The molecule has 4 rings (SSSR count). The number of carbonyl (C=O) groups is 2. The van der Waals surface area contributed by atoms with Crippen molar-refractivity contribution >= 4 is 23.2 Å². The molecule has 2 saturated carbocycles. The zero-order valence-corrected chi connectivity index (χ0v) is 9.25. The second-order valence-corrected chi connectivity index (χ2v) is 5.34. The molecule has 0 radical (unpaired) electrons. The number of carbonyl (C=O) groups excluding carboxylic acids is 2. The molecular formula is C11H12N4O2. The van der Waals surface area contributed by atoms with Crippen LogP contribution in [0.2, 0.25) is 0 Å². The van der Waals surface area contributed by atoms with E-state index < -0.39 is 10.8 Å². The van der Waals surface area contributed by atoms with Crippen molar-refractivity contribution in [2.75, 3.05) is 0 Å². The number of rotatable bonds is 0. The summed E-state index contributed by atoms with van der Waals surface area (Å²) in [5.41, 5.74) is 5.97. The van der Waals surface area contributed by atoms with E-state index >= 15 is 0 Å². The Morgan fingerprint density at radius 2 is 1.35 bits per heavy atom. The molecule has 2 amide bonds. The second kappa shape index (κ2) is 2.57. The van der Waals surface area contributed by atoms with Crippen LogP contribution < -0.4 is 10.9 Å². The highest BCUT2D eigenvalue weighted by atomic mass is 16.2. The minimum Gasteiger partial charge on any atom is -0.272 e. The molecule has 6 nitrogen and oxygen atoms in total. The number of hydrazone groups is 2. The molecule has 17 heavy (non-hydrogen) atoms. The molecule has 0 aromatic heterocycles. The lowest BCUT2D eigenvalue weighted by Crippen LogP contribution is -2.55. The smallest absolute Gasteiger partial charge is 0.252 e. The quantitative estimate of drug-likeness (QED) is 0.611. The third-order valence-corrected chi connectivity index (χ3v) is 4.74. The van der Waals surface area contributed by atoms with Gasteiger partial charge in [0.2, 0.25) is 0 Å². The van der Waals surface area contributed by atoms with Gasteiger partial charge in [-0.05, 0) is 32.1 Å². The van der Waals surface area contributed by atoms with Crippen molar-refractivity contribution in [1.29, 1.82) is 0 Å². The SMILES string of the molecule is O=C1NN=C2CC[C@]34C[C@]12CCC3=NNC4=O. The van der Waals surface area contributed by atoms with Gasteiger partial charge in [0.25, 0.3) is 11.8 Å². The molecule has 2 fully saturated rings. The van der Waals surface area contributed by atoms with Gasteiger partial charge in [0.05, 0.1) is 22.3 Å². The maximum Gasteiger partial charge on any atom is 0.252 e. The first-order chi connectivity index (χ1) is 8.17. The molecule has 0 unspecified atom stereocenters. The zero-order valence-electron chi connectivity index (χ0n) is 9.25. The third-order valence-electron chi connectivity index (χ3n) is 4.74. The van der Waals surface area contributed by atoms with Gasteiger partial charge >= 0.3 is 0 Å². The predicted molar refractivity (Wildman–Crippen MR) is 59.1 cm³/mol. The number of nitrogens with zero attached hydrogens (tertiary/aromatic N) is 2. The van der Waals surface area contributed by atoms with Crippen LogP contribution in [0.3, 0.4) is 0 Å². The van der Waals surface area contributed by atoms with E-state index in [0.717, 1.165) is 24.3 Å². The van der Waals surface area contributed by atoms with Gasteiger partial charge in [0, 0.05) is 0 Å². The van der Waals surface area contributed by atoms with E-state index in [2.05, 4.69) is 21.1 Å². The summed E-state index contributed by atoms with van der Waals surface area (Å²) in [5.74, 6) is -0.0735. The average molecular weight is 232 g/mol. The molecule has 88 valence electrons. The summed E-state index contributed by atoms with van der Waals surface area (Å²) in [6.07, 6.45) is 3.44. The van der Waals surface area contributed by atoms with Crippen molar-refractivity contribution in [3.63, 3.8) is 0 Å². The number of hydrogen-bond acceptors (Lipinski definition) is 4. The van der Waals surface area contributed by atoms with E-state index in [4.69, 9.17) is 0 Å². The van der Waals surface area contributed by atoms with Gasteiger partial charge in [0.1, 0.15) is 0 Å². The minimum atomic E-state index is -0.529. The van der Waals surface area contributed by atoms with Crippen molar-refractivity contribution in [3.8, 4) is 0 Å². The molecule has 2 aliphatic carbocycles. The fourth-order valence-electron chi connectivity index (χ4n) is 3.75. The van der Waals surface area contributed by atoms with E-state index in [1.165, 1.54) is 0 Å². The molecular weight excluding hydrogens is 220 g/mol. The molecule has 2 spiro atoms. The highest BCUT2D eigenvalue weighted by Crippen LogP contribution is 2.55. The predicted octanol–water partition coefficient (Wildman–Crippen LogP) is -0.0915. The summed E-state index contributed by atoms with van der Waals surface area (Å²) >= 11 is 0. The van der Waals surface area contributed by atoms with Crippen molar-refractivity contribution in [1.82, 2.24) is 10.9 Å². The molecule has 2 aliphatic heterocycles. The summed E-state index contributed by atoms with van der Waals surface area (Å²) in [6.45, 7) is 0. The molecule has 0 aromatic carbocycles. The monoisotopic (exact) mass is 232 g/mol. The topological polar surface area (TPSA) is 82.9 Å². The lowest BCUT2D eigenvalue weighted by atomic mass is 9.53. The molecule has 2 heterocycles. The Balaban J connectivity index is 1.87. The fraction of sp³-hybridized carbons (Fsp3) is 0.636. The normalized spacial score (nSPS) is 42.1. The van der Waals surface area contributed by atoms with Crippen LogP contribution in [0.5, 0.6) is 0 Å². The zero-order chi connectivity index (χ0) is 11.7. The Hall–Kier alpha value is -1.72. The van der Waals surface area contributed by atoms with Crippen LogP contribution in [-0.4, -0.2) is 23.2 Å². The van der Waals surface area contributed by atoms with E-state index in [0.29, 0.717) is 19.3 Å². The van der Waals surface area contributed by atoms with Crippen molar-refractivity contribution < 1.29 is 9.59 Å². The molecule has 0 saturated heterocycles. The number of nitrogens with one attached hydrogen (secondary N) is 2. The van der Waals surface area contributed by atoms with Crippen molar-refractivity contribution in [2.24, 2.45) is 21.0 Å². The highest BCUT2D eigenvalue weighted by Gasteiger charge is 2.63. The molecule has 4 aliphatic rings. The van der Waals surface area contributed by atoms with Crippen molar-refractivity contribution in [3.05, 3.63) is 0 Å². The molecule has 2 atom stereocenters. The van der Waals surface area contributed by atoms with Crippen LogP contribution in [0, 0.1) is 10.8 Å². The number of amides is 2. The summed E-state index contributed by atoms with van der Waals surface area (Å²) in [7, 11) is 0. The maximum absolute atomic E-state index is 12.0. The van der Waals surface area contributed by atoms with Gasteiger partial charge in [0.15, 0.2) is 0 Å². The Labute approximate surface area is 97.5 Å². The molecule has 0 aromatic rings. The fourth-order valence-corrected chi connectivity index (χ4v) is 3.75. The van der Waals surface area contributed by atoms with E-state index in [-0.39, 0.29) is 11.8 Å². The largest absolute Gasteiger partial charge is 0.272 e. The Bertz CT molecular complexity index is 478. The van der Waals surface area contributed by atoms with Gasteiger partial charge in [-0.15, -0.1) is 0 Å². The first-order valence-corrected chi connectivity index (χ1v) is 5.92. The van der Waals surface area contributed by atoms with E-state index in [1.807, 2.05) is 0 Å². The standard InChI is InChI=1S/C11H12N4O2/c16-8-10-3-1-6-11(5-10,9(17)14-12-6)4-2-7(10)13-15-8/h1-5H2,(H,14,17)(H,15,16)/t10-,11-/m0/s1. The van der Waals surface area contributed by atoms with Crippen LogP contribution in [0.15, 0.2) is 10.2 Å². The maximum atomic E-state index is 12.0. The number of hydrogen-bond donors (Lipinski definition) is 2. The first kappa shape index (κ1) is 9.32. The second-order valence-electron chi connectivity index (χ2n) is 5.34. The van der Waals surface area contributed by atoms with Gasteiger partial charge < -0.3 is 0 Å². The van der Waals surface area contributed by atoms with Gasteiger partial charge in [-0.2, -0.15) is 10.2 Å².